The zero-order valence-corrected chi connectivity index (χ0v) is 8.12. The number of aromatic nitrogens is 1. The lowest BCUT2D eigenvalue weighted by Crippen LogP contribution is -1.95. The molecule has 0 atom stereocenters. The second-order valence-corrected chi connectivity index (χ2v) is 3.28. The molecule has 0 saturated heterocycles. The van der Waals surface area contributed by atoms with Crippen molar-refractivity contribution in [3.63, 3.8) is 0 Å². The van der Waals surface area contributed by atoms with Gasteiger partial charge in [-0.15, -0.1) is 0 Å². The highest BCUT2D eigenvalue weighted by atomic mass is 35.5. The van der Waals surface area contributed by atoms with Crippen LogP contribution >= 0.6 is 34.8 Å². The summed E-state index contributed by atoms with van der Waals surface area (Å²) >= 11 is 16.4. The fraction of sp³-hybridized carbons (Fsp3) is 0.143. The van der Waals surface area contributed by atoms with Crippen LogP contribution in [0.4, 0.5) is 0 Å². The Hall–Kier alpha value is -0.310. The van der Waals surface area contributed by atoms with E-state index in [4.69, 9.17) is 34.8 Å². The van der Waals surface area contributed by atoms with Crippen LogP contribution in [-0.2, 0) is 11.2 Å². The fourth-order valence-corrected chi connectivity index (χ4v) is 1.28. The first-order valence-electron chi connectivity index (χ1n) is 3.09. The zero-order chi connectivity index (χ0) is 9.14. The Labute approximate surface area is 84.5 Å². The van der Waals surface area contributed by atoms with E-state index in [0.717, 1.165) is 0 Å². The summed E-state index contributed by atoms with van der Waals surface area (Å²) < 4.78 is 0. The van der Waals surface area contributed by atoms with Gasteiger partial charge in [0.25, 0.3) is 0 Å². The molecule has 0 aromatic carbocycles. The molecule has 0 fully saturated rings. The summed E-state index contributed by atoms with van der Waals surface area (Å²) in [6, 6.07) is 3.18. The molecule has 0 aliphatic heterocycles. The normalized spacial score (nSPS) is 9.92. The number of carbonyl (C=O) groups excluding carboxylic acids is 1. The summed E-state index contributed by atoms with van der Waals surface area (Å²) in [5, 5.41) is 0.0447. The summed E-state index contributed by atoms with van der Waals surface area (Å²) in [4.78, 5) is 14.2. The maximum atomic E-state index is 10.5. The average Bonchev–Trinajstić information content (AvgIpc) is 1.94. The molecule has 0 aliphatic carbocycles. The maximum Gasteiger partial charge on any atom is 0.226 e. The van der Waals surface area contributed by atoms with Crippen molar-refractivity contribution in [1.82, 2.24) is 4.98 Å². The van der Waals surface area contributed by atoms with E-state index in [0.29, 0.717) is 10.7 Å². The van der Waals surface area contributed by atoms with Gasteiger partial charge in [0.15, 0.2) is 0 Å². The van der Waals surface area contributed by atoms with Crippen LogP contribution in [0.5, 0.6) is 0 Å². The molecule has 0 unspecified atom stereocenters. The molecule has 0 aliphatic rings. The van der Waals surface area contributed by atoms with Crippen molar-refractivity contribution < 1.29 is 4.79 Å². The van der Waals surface area contributed by atoms with Crippen molar-refractivity contribution in [2.45, 2.75) is 6.42 Å². The smallest absolute Gasteiger partial charge is 0.226 e. The number of pyridine rings is 1. The topological polar surface area (TPSA) is 30.0 Å². The van der Waals surface area contributed by atoms with E-state index in [2.05, 4.69) is 4.98 Å². The fourth-order valence-electron chi connectivity index (χ4n) is 0.723. The third kappa shape index (κ3) is 2.63. The molecule has 5 heteroatoms. The van der Waals surface area contributed by atoms with Crippen LogP contribution in [0.15, 0.2) is 12.1 Å². The molecule has 0 bridgehead atoms. The van der Waals surface area contributed by atoms with Crippen molar-refractivity contribution in [3.05, 3.63) is 28.0 Å². The van der Waals surface area contributed by atoms with Gasteiger partial charge in [-0.3, -0.25) is 4.79 Å². The van der Waals surface area contributed by atoms with Crippen LogP contribution in [0.1, 0.15) is 5.56 Å². The molecule has 1 aromatic rings. The van der Waals surface area contributed by atoms with E-state index < -0.39 is 5.24 Å². The second-order valence-electron chi connectivity index (χ2n) is 2.12. The minimum Gasteiger partial charge on any atom is -0.281 e. The Morgan fingerprint density at radius 3 is 2.58 bits per heavy atom. The van der Waals surface area contributed by atoms with Crippen molar-refractivity contribution in [2.24, 2.45) is 0 Å². The first-order valence-corrected chi connectivity index (χ1v) is 4.22. The number of nitrogens with zero attached hydrogens (tertiary/aromatic N) is 1. The lowest BCUT2D eigenvalue weighted by atomic mass is 10.2. The molecule has 2 nitrogen and oxygen atoms in total. The van der Waals surface area contributed by atoms with Gasteiger partial charge in [0.2, 0.25) is 5.24 Å². The summed E-state index contributed by atoms with van der Waals surface area (Å²) in [5.41, 5.74) is 0.584. The van der Waals surface area contributed by atoms with Gasteiger partial charge in [-0.05, 0) is 23.2 Å². The van der Waals surface area contributed by atoms with Crippen LogP contribution in [0, 0.1) is 0 Å². The van der Waals surface area contributed by atoms with Gasteiger partial charge >= 0.3 is 0 Å². The summed E-state index contributed by atoms with van der Waals surface area (Å²) in [7, 11) is 0. The lowest BCUT2D eigenvalue weighted by molar-refractivity contribution is -0.111. The number of rotatable bonds is 2. The first kappa shape index (κ1) is 9.78. The molecular weight excluding hydrogens is 220 g/mol. The molecule has 12 heavy (non-hydrogen) atoms. The summed E-state index contributed by atoms with van der Waals surface area (Å²) in [6.07, 6.45) is 0.0740. The van der Waals surface area contributed by atoms with E-state index in [1.165, 1.54) is 0 Å². The first-order chi connectivity index (χ1) is 5.59. The SMILES string of the molecule is O=C(Cl)Cc1ccc(Cl)nc1Cl. The molecule has 0 spiro atoms. The third-order valence-corrected chi connectivity index (χ3v) is 1.89. The Balaban J connectivity index is 2.93. The highest BCUT2D eigenvalue weighted by Gasteiger charge is 2.05. The molecule has 0 N–H and O–H groups in total. The number of carbonyl (C=O) groups is 1. The maximum absolute atomic E-state index is 10.5. The van der Waals surface area contributed by atoms with Crippen molar-refractivity contribution in [2.75, 3.05) is 0 Å². The van der Waals surface area contributed by atoms with Gasteiger partial charge in [0.05, 0.1) is 0 Å². The summed E-state index contributed by atoms with van der Waals surface area (Å²) in [5.74, 6) is 0. The monoisotopic (exact) mass is 223 g/mol. The number of hydrogen-bond donors (Lipinski definition) is 0. The van der Waals surface area contributed by atoms with Crippen molar-refractivity contribution >= 4 is 40.0 Å². The zero-order valence-electron chi connectivity index (χ0n) is 5.85. The van der Waals surface area contributed by atoms with Crippen LogP contribution in [0.25, 0.3) is 0 Å². The third-order valence-electron chi connectivity index (χ3n) is 1.22. The number of hydrogen-bond acceptors (Lipinski definition) is 2. The Morgan fingerprint density at radius 2 is 2.08 bits per heavy atom. The van der Waals surface area contributed by atoms with Gasteiger partial charge in [0.1, 0.15) is 10.3 Å². The van der Waals surface area contributed by atoms with E-state index in [9.17, 15) is 4.79 Å². The van der Waals surface area contributed by atoms with Crippen LogP contribution in [0.2, 0.25) is 10.3 Å². The Bertz CT molecular complexity index is 314. The molecule has 1 rings (SSSR count). The molecule has 1 aromatic heterocycles. The molecule has 0 radical (unpaired) electrons. The molecule has 0 amide bonds. The quantitative estimate of drug-likeness (QED) is 0.571. The summed E-state index contributed by atoms with van der Waals surface area (Å²) in [6.45, 7) is 0. The van der Waals surface area contributed by atoms with E-state index in [1.54, 1.807) is 12.1 Å². The van der Waals surface area contributed by atoms with E-state index >= 15 is 0 Å². The van der Waals surface area contributed by atoms with Gasteiger partial charge in [-0.25, -0.2) is 4.98 Å². The standard InChI is InChI=1S/C7H4Cl3NO/c8-5-2-1-4(3-6(9)12)7(10)11-5/h1-2H,3H2. The van der Waals surface area contributed by atoms with Crippen LogP contribution < -0.4 is 0 Å². The van der Waals surface area contributed by atoms with E-state index in [1.807, 2.05) is 0 Å². The Kier molecular flexibility index (Phi) is 3.32. The van der Waals surface area contributed by atoms with Crippen LogP contribution in [0.3, 0.4) is 0 Å². The lowest BCUT2D eigenvalue weighted by Gasteiger charge is -1.98. The highest BCUT2D eigenvalue weighted by Crippen LogP contribution is 2.17. The predicted molar refractivity (Wildman–Crippen MR) is 48.8 cm³/mol. The van der Waals surface area contributed by atoms with E-state index in [-0.39, 0.29) is 11.6 Å². The predicted octanol–water partition coefficient (Wildman–Crippen LogP) is 2.70. The largest absolute Gasteiger partial charge is 0.281 e. The minimum absolute atomic E-state index is 0.0740. The van der Waals surface area contributed by atoms with Gasteiger partial charge in [0, 0.05) is 6.42 Å². The van der Waals surface area contributed by atoms with Gasteiger partial charge < -0.3 is 0 Å². The molecular formula is C7H4Cl3NO. The van der Waals surface area contributed by atoms with Crippen molar-refractivity contribution in [3.8, 4) is 0 Å². The van der Waals surface area contributed by atoms with Gasteiger partial charge in [-0.2, -0.15) is 0 Å². The molecule has 64 valence electrons. The minimum atomic E-state index is -0.471. The molecule has 1 heterocycles. The number of halogens is 3. The second kappa shape index (κ2) is 4.08. The van der Waals surface area contributed by atoms with Crippen LogP contribution in [-0.4, -0.2) is 10.2 Å². The Morgan fingerprint density at radius 1 is 1.42 bits per heavy atom. The van der Waals surface area contributed by atoms with Gasteiger partial charge in [-0.1, -0.05) is 29.3 Å². The average molecular weight is 224 g/mol. The van der Waals surface area contributed by atoms with Crippen molar-refractivity contribution in [1.29, 1.82) is 0 Å². The molecule has 0 saturated carbocycles. The highest BCUT2D eigenvalue weighted by molar-refractivity contribution is 6.63.